The van der Waals surface area contributed by atoms with Crippen LogP contribution < -0.4 is 10.6 Å². The molecule has 0 atom stereocenters. The van der Waals surface area contributed by atoms with Crippen LogP contribution in [0.15, 0.2) is 9.98 Å². The van der Waals surface area contributed by atoms with Gasteiger partial charge in [-0.1, -0.05) is 0 Å². The van der Waals surface area contributed by atoms with Crippen LogP contribution in [0.4, 0.5) is 0 Å². The molecule has 0 aromatic heterocycles. The molecule has 0 unspecified atom stereocenters. The van der Waals surface area contributed by atoms with E-state index in [2.05, 4.69) is 62.2 Å². The van der Waals surface area contributed by atoms with Crippen molar-refractivity contribution in [3.63, 3.8) is 0 Å². The third-order valence-electron chi connectivity index (χ3n) is 3.59. The summed E-state index contributed by atoms with van der Waals surface area (Å²) < 4.78 is 0. The van der Waals surface area contributed by atoms with Gasteiger partial charge in [0.15, 0.2) is 0 Å². The van der Waals surface area contributed by atoms with Crippen molar-refractivity contribution >= 4 is 11.4 Å². The van der Waals surface area contributed by atoms with E-state index in [0.717, 1.165) is 39.0 Å². The Morgan fingerprint density at radius 2 is 1.10 bits per heavy atom. The molecule has 1 heterocycles. The van der Waals surface area contributed by atoms with Crippen molar-refractivity contribution in [2.75, 3.05) is 26.2 Å². The SMILES string of the molecule is CC1=NCCNC(C)(C)CC(C)=NCCNC(C)(C)C1. The van der Waals surface area contributed by atoms with Gasteiger partial charge < -0.3 is 10.6 Å². The van der Waals surface area contributed by atoms with Gasteiger partial charge in [-0.3, -0.25) is 9.98 Å². The Morgan fingerprint density at radius 3 is 1.45 bits per heavy atom. The number of aliphatic imine (C=N–C) groups is 2. The van der Waals surface area contributed by atoms with E-state index in [-0.39, 0.29) is 11.1 Å². The standard InChI is InChI=1S/C16H32N4/c1-13-11-15(3,4)19-10-8-18-14(2)12-16(5,6)20-9-7-17-13/h19-20H,7-12H2,1-6H3. The summed E-state index contributed by atoms with van der Waals surface area (Å²) in [6.07, 6.45) is 1.97. The molecule has 1 rings (SSSR count). The monoisotopic (exact) mass is 280 g/mol. The lowest BCUT2D eigenvalue weighted by atomic mass is 9.97. The zero-order chi connectivity index (χ0) is 15.2. The van der Waals surface area contributed by atoms with Crippen molar-refractivity contribution in [3.8, 4) is 0 Å². The molecule has 116 valence electrons. The Kier molecular flexibility index (Phi) is 6.34. The maximum atomic E-state index is 4.68. The lowest BCUT2D eigenvalue weighted by Crippen LogP contribution is -2.44. The van der Waals surface area contributed by atoms with Gasteiger partial charge in [-0.05, 0) is 41.5 Å². The minimum Gasteiger partial charge on any atom is -0.310 e. The summed E-state index contributed by atoms with van der Waals surface area (Å²) in [6, 6.07) is 0. The second-order valence-corrected chi connectivity index (χ2v) is 7.21. The third kappa shape index (κ3) is 7.15. The van der Waals surface area contributed by atoms with E-state index in [4.69, 9.17) is 0 Å². The summed E-state index contributed by atoms with van der Waals surface area (Å²) in [5, 5.41) is 7.16. The molecule has 0 saturated heterocycles. The molecule has 0 aromatic carbocycles. The first-order valence-electron chi connectivity index (χ1n) is 7.70. The molecular formula is C16H32N4. The van der Waals surface area contributed by atoms with Crippen LogP contribution in [0.5, 0.6) is 0 Å². The summed E-state index contributed by atoms with van der Waals surface area (Å²) in [5.41, 5.74) is 2.62. The van der Waals surface area contributed by atoms with Crippen molar-refractivity contribution in [1.29, 1.82) is 0 Å². The summed E-state index contributed by atoms with van der Waals surface area (Å²) >= 11 is 0. The van der Waals surface area contributed by atoms with Crippen molar-refractivity contribution in [2.24, 2.45) is 9.98 Å². The van der Waals surface area contributed by atoms with Crippen LogP contribution in [-0.4, -0.2) is 48.7 Å². The number of hydrogen-bond acceptors (Lipinski definition) is 4. The molecular weight excluding hydrogens is 248 g/mol. The van der Waals surface area contributed by atoms with Gasteiger partial charge >= 0.3 is 0 Å². The van der Waals surface area contributed by atoms with Crippen LogP contribution >= 0.6 is 0 Å². The minimum absolute atomic E-state index is 0.0911. The highest BCUT2D eigenvalue weighted by Gasteiger charge is 2.19. The average Bonchev–Trinajstić information content (AvgIpc) is 2.28. The van der Waals surface area contributed by atoms with Gasteiger partial charge in [-0.25, -0.2) is 0 Å². The first-order valence-corrected chi connectivity index (χ1v) is 7.70. The van der Waals surface area contributed by atoms with Crippen LogP contribution in [0.1, 0.15) is 54.4 Å². The zero-order valence-corrected chi connectivity index (χ0v) is 14.1. The van der Waals surface area contributed by atoms with Crippen LogP contribution in [-0.2, 0) is 0 Å². The molecule has 0 bridgehead atoms. The molecule has 0 saturated carbocycles. The molecule has 0 fully saturated rings. The largest absolute Gasteiger partial charge is 0.310 e. The van der Waals surface area contributed by atoms with Crippen LogP contribution in [0, 0.1) is 0 Å². The molecule has 20 heavy (non-hydrogen) atoms. The van der Waals surface area contributed by atoms with Gasteiger partial charge in [-0.2, -0.15) is 0 Å². The van der Waals surface area contributed by atoms with E-state index in [0.29, 0.717) is 0 Å². The molecule has 0 radical (unpaired) electrons. The van der Waals surface area contributed by atoms with Gasteiger partial charge in [-0.15, -0.1) is 0 Å². The molecule has 1 aliphatic rings. The van der Waals surface area contributed by atoms with Crippen LogP contribution in [0.25, 0.3) is 0 Å². The van der Waals surface area contributed by atoms with E-state index in [1.807, 2.05) is 0 Å². The fourth-order valence-electron chi connectivity index (χ4n) is 2.80. The zero-order valence-electron chi connectivity index (χ0n) is 14.1. The second kappa shape index (κ2) is 7.32. The Morgan fingerprint density at radius 1 is 0.750 bits per heavy atom. The van der Waals surface area contributed by atoms with Gasteiger partial charge in [0.2, 0.25) is 0 Å². The van der Waals surface area contributed by atoms with Crippen molar-refractivity contribution in [3.05, 3.63) is 0 Å². The molecule has 0 amide bonds. The molecule has 0 spiro atoms. The fraction of sp³-hybridized carbons (Fsp3) is 0.875. The number of rotatable bonds is 0. The number of hydrogen-bond donors (Lipinski definition) is 2. The van der Waals surface area contributed by atoms with E-state index in [9.17, 15) is 0 Å². The van der Waals surface area contributed by atoms with Gasteiger partial charge in [0, 0.05) is 48.4 Å². The smallest absolute Gasteiger partial charge is 0.0513 e. The first-order chi connectivity index (χ1) is 9.20. The lowest BCUT2D eigenvalue weighted by molar-refractivity contribution is 0.398. The first kappa shape index (κ1) is 17.3. The Labute approximate surface area is 124 Å². The Hall–Kier alpha value is -0.740. The van der Waals surface area contributed by atoms with Crippen LogP contribution in [0.2, 0.25) is 0 Å². The molecule has 4 nitrogen and oxygen atoms in total. The fourth-order valence-corrected chi connectivity index (χ4v) is 2.80. The van der Waals surface area contributed by atoms with Crippen molar-refractivity contribution in [1.82, 2.24) is 10.6 Å². The second-order valence-electron chi connectivity index (χ2n) is 7.21. The van der Waals surface area contributed by atoms with Gasteiger partial charge in [0.1, 0.15) is 0 Å². The predicted octanol–water partition coefficient (Wildman–Crippen LogP) is 2.44. The average molecular weight is 280 g/mol. The normalized spacial score (nSPS) is 25.3. The van der Waals surface area contributed by atoms with E-state index < -0.39 is 0 Å². The van der Waals surface area contributed by atoms with Crippen molar-refractivity contribution in [2.45, 2.75) is 65.5 Å². The molecule has 0 aliphatic carbocycles. The highest BCUT2D eigenvalue weighted by Crippen LogP contribution is 2.11. The van der Waals surface area contributed by atoms with E-state index in [1.165, 1.54) is 11.4 Å². The van der Waals surface area contributed by atoms with E-state index in [1.54, 1.807) is 0 Å². The molecule has 0 aromatic rings. The van der Waals surface area contributed by atoms with Crippen LogP contribution in [0.3, 0.4) is 0 Å². The Bertz CT molecular complexity index is 331. The molecule has 4 heteroatoms. The third-order valence-corrected chi connectivity index (χ3v) is 3.59. The summed E-state index contributed by atoms with van der Waals surface area (Å²) in [6.45, 7) is 16.7. The minimum atomic E-state index is 0.0911. The molecule has 2 N–H and O–H groups in total. The van der Waals surface area contributed by atoms with Gasteiger partial charge in [0.05, 0.1) is 13.1 Å². The summed E-state index contributed by atoms with van der Waals surface area (Å²) in [5.74, 6) is 0. The maximum absolute atomic E-state index is 4.68. The lowest BCUT2D eigenvalue weighted by Gasteiger charge is -2.28. The van der Waals surface area contributed by atoms with E-state index >= 15 is 0 Å². The highest BCUT2D eigenvalue weighted by molar-refractivity contribution is 5.83. The Balaban J connectivity index is 2.73. The topological polar surface area (TPSA) is 48.8 Å². The summed E-state index contributed by atoms with van der Waals surface area (Å²) in [4.78, 5) is 9.35. The predicted molar refractivity (Wildman–Crippen MR) is 89.3 cm³/mol. The quantitative estimate of drug-likeness (QED) is 0.716. The van der Waals surface area contributed by atoms with Gasteiger partial charge in [0.25, 0.3) is 0 Å². The maximum Gasteiger partial charge on any atom is 0.0513 e. The number of nitrogens with zero attached hydrogens (tertiary/aromatic N) is 2. The summed E-state index contributed by atoms with van der Waals surface area (Å²) in [7, 11) is 0. The highest BCUT2D eigenvalue weighted by atomic mass is 15.0. The molecule has 1 aliphatic heterocycles. The van der Waals surface area contributed by atoms with Crippen molar-refractivity contribution < 1.29 is 0 Å². The number of nitrogens with one attached hydrogen (secondary N) is 2.